The maximum Gasteiger partial charge on any atom is 0.339 e. The lowest BCUT2D eigenvalue weighted by atomic mass is 10.1. The molecule has 2 rings (SSSR count). The summed E-state index contributed by atoms with van der Waals surface area (Å²) in [6.07, 6.45) is 1.02. The number of hydrogen-bond donors (Lipinski definition) is 1. The van der Waals surface area contributed by atoms with E-state index in [-0.39, 0.29) is 6.61 Å². The number of carbonyl (C=O) groups is 1. The van der Waals surface area contributed by atoms with Crippen molar-refractivity contribution in [3.63, 3.8) is 0 Å². The van der Waals surface area contributed by atoms with Gasteiger partial charge in [0, 0.05) is 24.3 Å². The summed E-state index contributed by atoms with van der Waals surface area (Å²) in [4.78, 5) is 13.9. The van der Waals surface area contributed by atoms with E-state index < -0.39 is 12.1 Å². The summed E-state index contributed by atoms with van der Waals surface area (Å²) in [7, 11) is 1.52. The van der Waals surface area contributed by atoms with Crippen molar-refractivity contribution >= 4 is 11.7 Å². The van der Waals surface area contributed by atoms with Crippen LogP contribution in [-0.4, -0.2) is 37.9 Å². The highest BCUT2D eigenvalue weighted by Crippen LogP contribution is 2.31. The first-order valence-corrected chi connectivity index (χ1v) is 6.95. The summed E-state index contributed by atoms with van der Waals surface area (Å²) < 4.78 is 10.1. The van der Waals surface area contributed by atoms with E-state index in [9.17, 15) is 9.90 Å². The molecule has 0 spiro atoms. The highest BCUT2D eigenvalue weighted by molar-refractivity contribution is 5.78. The molecule has 0 aliphatic carbocycles. The van der Waals surface area contributed by atoms with Gasteiger partial charge in [-0.1, -0.05) is 0 Å². The fourth-order valence-corrected chi connectivity index (χ4v) is 2.46. The van der Waals surface area contributed by atoms with Crippen LogP contribution in [0.3, 0.4) is 0 Å². The topological polar surface area (TPSA) is 59.0 Å². The maximum absolute atomic E-state index is 11.7. The number of aliphatic hydroxyl groups is 1. The molecule has 0 radical (unpaired) electrons. The van der Waals surface area contributed by atoms with Crippen LogP contribution in [0.25, 0.3) is 0 Å². The lowest BCUT2D eigenvalue weighted by molar-refractivity contribution is -0.153. The zero-order chi connectivity index (χ0) is 14.5. The summed E-state index contributed by atoms with van der Waals surface area (Å²) in [6.45, 7) is 3.95. The fraction of sp³-hybridized carbons (Fsp3) is 0.533. The zero-order valence-electron chi connectivity index (χ0n) is 12.0. The van der Waals surface area contributed by atoms with Crippen molar-refractivity contribution in [2.75, 3.05) is 31.7 Å². The molecule has 5 heteroatoms. The number of esters is 1. The quantitative estimate of drug-likeness (QED) is 0.834. The van der Waals surface area contributed by atoms with Crippen molar-refractivity contribution in [2.24, 2.45) is 0 Å². The lowest BCUT2D eigenvalue weighted by Crippen LogP contribution is -2.20. The summed E-state index contributed by atoms with van der Waals surface area (Å²) in [5, 5.41) is 10.1. The predicted molar refractivity (Wildman–Crippen MR) is 76.0 cm³/mol. The van der Waals surface area contributed by atoms with Crippen molar-refractivity contribution in [1.29, 1.82) is 0 Å². The number of benzene rings is 1. The molecule has 0 aromatic heterocycles. The summed E-state index contributed by atoms with van der Waals surface area (Å²) >= 11 is 0. The predicted octanol–water partition coefficient (Wildman–Crippen LogP) is 1.89. The molecule has 1 atom stereocenters. The number of ether oxygens (including phenoxy) is 2. The molecule has 5 nitrogen and oxygen atoms in total. The van der Waals surface area contributed by atoms with Crippen LogP contribution in [-0.2, 0) is 9.53 Å². The van der Waals surface area contributed by atoms with Crippen LogP contribution in [0, 0.1) is 0 Å². The number of nitrogens with zero attached hydrogens (tertiary/aromatic N) is 1. The highest BCUT2D eigenvalue weighted by atomic mass is 16.5. The minimum Gasteiger partial charge on any atom is -0.496 e. The van der Waals surface area contributed by atoms with Crippen LogP contribution in [0.5, 0.6) is 5.75 Å². The van der Waals surface area contributed by atoms with Gasteiger partial charge in [0.15, 0.2) is 6.10 Å². The molecule has 1 aromatic carbocycles. The molecule has 1 aromatic rings. The van der Waals surface area contributed by atoms with Gasteiger partial charge in [-0.05, 0) is 38.0 Å². The first-order chi connectivity index (χ1) is 9.67. The first kappa shape index (κ1) is 14.7. The molecule has 1 aliphatic rings. The van der Waals surface area contributed by atoms with E-state index in [2.05, 4.69) is 4.90 Å². The van der Waals surface area contributed by atoms with Gasteiger partial charge in [-0.3, -0.25) is 0 Å². The maximum atomic E-state index is 11.7. The minimum atomic E-state index is -1.31. The first-order valence-electron chi connectivity index (χ1n) is 6.95. The normalized spacial score (nSPS) is 16.1. The van der Waals surface area contributed by atoms with Gasteiger partial charge in [-0.25, -0.2) is 4.79 Å². The Morgan fingerprint density at radius 2 is 2.10 bits per heavy atom. The Balaban J connectivity index is 2.28. The number of rotatable bonds is 5. The van der Waals surface area contributed by atoms with Gasteiger partial charge >= 0.3 is 5.97 Å². The van der Waals surface area contributed by atoms with E-state index in [4.69, 9.17) is 9.47 Å². The van der Waals surface area contributed by atoms with Gasteiger partial charge in [-0.15, -0.1) is 0 Å². The van der Waals surface area contributed by atoms with E-state index in [0.29, 0.717) is 11.3 Å². The summed E-state index contributed by atoms with van der Waals surface area (Å²) in [5.41, 5.74) is 1.46. The van der Waals surface area contributed by atoms with E-state index in [1.165, 1.54) is 20.0 Å². The smallest absolute Gasteiger partial charge is 0.339 e. The molecule has 1 heterocycles. The molecule has 1 fully saturated rings. The second-order valence-corrected chi connectivity index (χ2v) is 4.77. The Bertz CT molecular complexity index is 469. The van der Waals surface area contributed by atoms with Crippen LogP contribution in [0.15, 0.2) is 18.2 Å². The van der Waals surface area contributed by atoms with Crippen LogP contribution in [0.4, 0.5) is 5.69 Å². The van der Waals surface area contributed by atoms with E-state index >= 15 is 0 Å². The Kier molecular flexibility index (Phi) is 4.84. The van der Waals surface area contributed by atoms with Gasteiger partial charge in [0.25, 0.3) is 0 Å². The number of carbonyl (C=O) groups excluding carboxylic acids is 1. The molecule has 110 valence electrons. The van der Waals surface area contributed by atoms with Gasteiger partial charge < -0.3 is 19.5 Å². The molecule has 1 saturated heterocycles. The second kappa shape index (κ2) is 6.61. The van der Waals surface area contributed by atoms with Crippen LogP contribution in [0.2, 0.25) is 0 Å². The Hall–Kier alpha value is -1.75. The zero-order valence-corrected chi connectivity index (χ0v) is 12.0. The third-order valence-corrected chi connectivity index (χ3v) is 3.49. The number of aliphatic hydroxyl groups excluding tert-OH is 1. The Morgan fingerprint density at radius 1 is 1.40 bits per heavy atom. The van der Waals surface area contributed by atoms with Gasteiger partial charge in [-0.2, -0.15) is 0 Å². The summed E-state index contributed by atoms with van der Waals surface area (Å²) in [6, 6.07) is 5.54. The highest BCUT2D eigenvalue weighted by Gasteiger charge is 2.24. The van der Waals surface area contributed by atoms with Crippen molar-refractivity contribution in [1.82, 2.24) is 0 Å². The lowest BCUT2D eigenvalue weighted by Gasteiger charge is -2.21. The van der Waals surface area contributed by atoms with Crippen molar-refractivity contribution in [3.05, 3.63) is 23.8 Å². The molecule has 1 unspecified atom stereocenters. The number of anilines is 1. The molecular weight excluding hydrogens is 258 g/mol. The average Bonchev–Trinajstić information content (AvgIpc) is 3.00. The average molecular weight is 279 g/mol. The summed E-state index contributed by atoms with van der Waals surface area (Å²) in [5.74, 6) is -0.155. The minimum absolute atomic E-state index is 0.240. The van der Waals surface area contributed by atoms with E-state index in [1.807, 2.05) is 12.1 Å². The number of methoxy groups -OCH3 is 1. The molecule has 1 N–H and O–H groups in total. The van der Waals surface area contributed by atoms with E-state index in [0.717, 1.165) is 18.8 Å². The molecule has 20 heavy (non-hydrogen) atoms. The molecule has 0 amide bonds. The van der Waals surface area contributed by atoms with Crippen LogP contribution < -0.4 is 9.64 Å². The largest absolute Gasteiger partial charge is 0.496 e. The van der Waals surface area contributed by atoms with Crippen molar-refractivity contribution < 1.29 is 19.4 Å². The van der Waals surface area contributed by atoms with Gasteiger partial charge in [0.1, 0.15) is 5.75 Å². The molecule has 0 saturated carbocycles. The second-order valence-electron chi connectivity index (χ2n) is 4.77. The molecular formula is C15H21NO4. The standard InChI is InChI=1S/C15H21NO4/c1-3-20-15(18)14(17)12-10-11(6-7-13(12)19-2)16-8-4-5-9-16/h6-7,10,14,17H,3-5,8-9H2,1-2H3. The Labute approximate surface area is 119 Å². The van der Waals surface area contributed by atoms with Crippen molar-refractivity contribution in [3.8, 4) is 5.75 Å². The van der Waals surface area contributed by atoms with Gasteiger partial charge in [0.2, 0.25) is 0 Å². The number of hydrogen-bond acceptors (Lipinski definition) is 5. The van der Waals surface area contributed by atoms with Crippen LogP contribution >= 0.6 is 0 Å². The molecule has 0 bridgehead atoms. The molecule has 1 aliphatic heterocycles. The SMILES string of the molecule is CCOC(=O)C(O)c1cc(N2CCCC2)ccc1OC. The van der Waals surface area contributed by atoms with Gasteiger partial charge in [0.05, 0.1) is 13.7 Å². The van der Waals surface area contributed by atoms with E-state index in [1.54, 1.807) is 13.0 Å². The monoisotopic (exact) mass is 279 g/mol. The third kappa shape index (κ3) is 3.04. The Morgan fingerprint density at radius 3 is 2.70 bits per heavy atom. The van der Waals surface area contributed by atoms with Crippen LogP contribution in [0.1, 0.15) is 31.4 Å². The fourth-order valence-electron chi connectivity index (χ4n) is 2.46. The third-order valence-electron chi connectivity index (χ3n) is 3.49. The van der Waals surface area contributed by atoms with Crippen molar-refractivity contribution in [2.45, 2.75) is 25.9 Å².